The van der Waals surface area contributed by atoms with Crippen molar-refractivity contribution in [3.05, 3.63) is 29.8 Å². The fourth-order valence-electron chi connectivity index (χ4n) is 1.57. The Morgan fingerprint density at radius 1 is 1.44 bits per heavy atom. The molecule has 86 valence electrons. The molecule has 1 aliphatic carbocycles. The Hall–Kier alpha value is -1.35. The summed E-state index contributed by atoms with van der Waals surface area (Å²) in [5.41, 5.74) is 1.05. The molecule has 0 bridgehead atoms. The summed E-state index contributed by atoms with van der Waals surface area (Å²) < 4.78 is 10.5. The van der Waals surface area contributed by atoms with Crippen molar-refractivity contribution < 1.29 is 14.3 Å². The molecular formula is C13H16O3. The lowest BCUT2D eigenvalue weighted by molar-refractivity contribution is -0.122. The largest absolute Gasteiger partial charge is 0.486 e. The van der Waals surface area contributed by atoms with Gasteiger partial charge in [-0.3, -0.25) is 4.79 Å². The van der Waals surface area contributed by atoms with Crippen LogP contribution in [0.5, 0.6) is 5.75 Å². The van der Waals surface area contributed by atoms with Gasteiger partial charge in [0.15, 0.2) is 5.78 Å². The topological polar surface area (TPSA) is 35.5 Å². The minimum absolute atomic E-state index is 0.196. The predicted octanol–water partition coefficient (Wildman–Crippen LogP) is 2.19. The highest BCUT2D eigenvalue weighted by Gasteiger charge is 2.29. The molecule has 1 aromatic carbocycles. The zero-order valence-corrected chi connectivity index (χ0v) is 9.44. The monoisotopic (exact) mass is 220 g/mol. The Bertz CT molecular complexity index is 369. The van der Waals surface area contributed by atoms with Crippen LogP contribution in [0, 0.1) is 5.92 Å². The van der Waals surface area contributed by atoms with Crippen LogP contribution in [0.15, 0.2) is 24.3 Å². The first-order chi connectivity index (χ1) is 7.79. The summed E-state index contributed by atoms with van der Waals surface area (Å²) in [6.45, 7) is 0.759. The number of hydrogen-bond donors (Lipinski definition) is 0. The van der Waals surface area contributed by atoms with Gasteiger partial charge in [-0.15, -0.1) is 0 Å². The van der Waals surface area contributed by atoms with Crippen molar-refractivity contribution in [2.24, 2.45) is 5.92 Å². The van der Waals surface area contributed by atoms with E-state index in [2.05, 4.69) is 0 Å². The molecule has 1 fully saturated rings. The third kappa shape index (κ3) is 3.07. The second-order valence-electron chi connectivity index (χ2n) is 4.11. The number of benzene rings is 1. The van der Waals surface area contributed by atoms with Gasteiger partial charge in [0.1, 0.15) is 12.4 Å². The van der Waals surface area contributed by atoms with Crippen molar-refractivity contribution in [3.8, 4) is 5.75 Å². The molecule has 3 heteroatoms. The van der Waals surface area contributed by atoms with Gasteiger partial charge in [0.2, 0.25) is 0 Å². The molecule has 0 amide bonds. The molecule has 1 aliphatic rings. The number of ketones is 1. The molecule has 0 unspecified atom stereocenters. The second-order valence-corrected chi connectivity index (χ2v) is 4.11. The van der Waals surface area contributed by atoms with Crippen molar-refractivity contribution in [1.82, 2.24) is 0 Å². The van der Waals surface area contributed by atoms with Gasteiger partial charge in [-0.05, 0) is 30.5 Å². The first-order valence-electron chi connectivity index (χ1n) is 5.53. The molecule has 0 atom stereocenters. The van der Waals surface area contributed by atoms with E-state index in [-0.39, 0.29) is 18.3 Å². The zero-order chi connectivity index (χ0) is 11.4. The first-order valence-corrected chi connectivity index (χ1v) is 5.53. The quantitative estimate of drug-likeness (QED) is 0.737. The van der Waals surface area contributed by atoms with Gasteiger partial charge >= 0.3 is 0 Å². The third-order valence-corrected chi connectivity index (χ3v) is 2.62. The number of rotatable bonds is 6. The number of carbonyl (C=O) groups excluding carboxylic acids is 1. The van der Waals surface area contributed by atoms with Crippen LogP contribution in [0.3, 0.4) is 0 Å². The Labute approximate surface area is 95.4 Å². The van der Waals surface area contributed by atoms with Crippen molar-refractivity contribution in [1.29, 1.82) is 0 Å². The number of methoxy groups -OCH3 is 1. The molecule has 1 aromatic rings. The van der Waals surface area contributed by atoms with Gasteiger partial charge in [-0.25, -0.2) is 0 Å². The van der Waals surface area contributed by atoms with Crippen molar-refractivity contribution in [2.45, 2.75) is 19.4 Å². The number of ether oxygens (including phenoxy) is 2. The van der Waals surface area contributed by atoms with Crippen molar-refractivity contribution >= 4 is 5.78 Å². The van der Waals surface area contributed by atoms with E-state index in [1.54, 1.807) is 7.11 Å². The van der Waals surface area contributed by atoms with E-state index in [0.29, 0.717) is 6.61 Å². The molecule has 0 heterocycles. The summed E-state index contributed by atoms with van der Waals surface area (Å²) in [5, 5.41) is 0. The van der Waals surface area contributed by atoms with E-state index in [1.165, 1.54) is 0 Å². The molecule has 0 N–H and O–H groups in total. The molecule has 0 aliphatic heterocycles. The molecule has 0 spiro atoms. The normalized spacial score (nSPS) is 14.8. The molecule has 0 saturated heterocycles. The number of hydrogen-bond acceptors (Lipinski definition) is 3. The zero-order valence-electron chi connectivity index (χ0n) is 9.44. The Balaban J connectivity index is 1.87. The minimum atomic E-state index is 0.196. The van der Waals surface area contributed by atoms with E-state index < -0.39 is 0 Å². The summed E-state index contributed by atoms with van der Waals surface area (Å²) in [7, 11) is 1.66. The van der Waals surface area contributed by atoms with E-state index in [4.69, 9.17) is 9.47 Å². The minimum Gasteiger partial charge on any atom is -0.486 e. The summed E-state index contributed by atoms with van der Waals surface area (Å²) in [5.74, 6) is 1.22. The SMILES string of the molecule is COCc1cccc(OCC(=O)C2CC2)c1. The maximum absolute atomic E-state index is 11.4. The summed E-state index contributed by atoms with van der Waals surface area (Å²) in [4.78, 5) is 11.4. The molecule has 1 saturated carbocycles. The number of Topliss-reactive ketones (excluding diaryl/α,β-unsaturated/α-hetero) is 1. The third-order valence-electron chi connectivity index (χ3n) is 2.62. The van der Waals surface area contributed by atoms with Gasteiger partial charge in [0, 0.05) is 13.0 Å². The van der Waals surface area contributed by atoms with E-state index >= 15 is 0 Å². The fraction of sp³-hybridized carbons (Fsp3) is 0.462. The van der Waals surface area contributed by atoms with E-state index in [9.17, 15) is 4.79 Å². The first kappa shape index (κ1) is 11.1. The molecule has 3 nitrogen and oxygen atoms in total. The van der Waals surface area contributed by atoms with E-state index in [0.717, 1.165) is 24.2 Å². The van der Waals surface area contributed by atoms with Crippen LogP contribution in [-0.2, 0) is 16.1 Å². The Morgan fingerprint density at radius 2 is 2.25 bits per heavy atom. The second kappa shape index (κ2) is 5.12. The summed E-state index contributed by atoms with van der Waals surface area (Å²) in [6.07, 6.45) is 2.07. The van der Waals surface area contributed by atoms with Crippen LogP contribution in [0.2, 0.25) is 0 Å². The average Bonchev–Trinajstić information content (AvgIpc) is 3.11. The number of carbonyl (C=O) groups is 1. The highest BCUT2D eigenvalue weighted by molar-refractivity contribution is 5.84. The maximum Gasteiger partial charge on any atom is 0.173 e. The average molecular weight is 220 g/mol. The van der Waals surface area contributed by atoms with Crippen LogP contribution >= 0.6 is 0 Å². The van der Waals surface area contributed by atoms with Crippen LogP contribution in [0.25, 0.3) is 0 Å². The van der Waals surface area contributed by atoms with Crippen LogP contribution in [0.1, 0.15) is 18.4 Å². The lowest BCUT2D eigenvalue weighted by atomic mass is 10.2. The van der Waals surface area contributed by atoms with Crippen molar-refractivity contribution in [3.63, 3.8) is 0 Å². The van der Waals surface area contributed by atoms with Gasteiger partial charge in [-0.1, -0.05) is 12.1 Å². The lowest BCUT2D eigenvalue weighted by Gasteiger charge is -2.06. The highest BCUT2D eigenvalue weighted by Crippen LogP contribution is 2.29. The summed E-state index contributed by atoms with van der Waals surface area (Å²) >= 11 is 0. The maximum atomic E-state index is 11.4. The van der Waals surface area contributed by atoms with Crippen LogP contribution in [-0.4, -0.2) is 19.5 Å². The smallest absolute Gasteiger partial charge is 0.173 e. The van der Waals surface area contributed by atoms with Gasteiger partial charge < -0.3 is 9.47 Å². The molecule has 2 rings (SSSR count). The van der Waals surface area contributed by atoms with Crippen LogP contribution < -0.4 is 4.74 Å². The molecule has 0 radical (unpaired) electrons. The van der Waals surface area contributed by atoms with Gasteiger partial charge in [0.25, 0.3) is 0 Å². The Morgan fingerprint density at radius 3 is 2.94 bits per heavy atom. The molecular weight excluding hydrogens is 204 g/mol. The van der Waals surface area contributed by atoms with Crippen molar-refractivity contribution in [2.75, 3.05) is 13.7 Å². The summed E-state index contributed by atoms with van der Waals surface area (Å²) in [6, 6.07) is 7.65. The van der Waals surface area contributed by atoms with Gasteiger partial charge in [-0.2, -0.15) is 0 Å². The van der Waals surface area contributed by atoms with Crippen LogP contribution in [0.4, 0.5) is 0 Å². The van der Waals surface area contributed by atoms with Gasteiger partial charge in [0.05, 0.1) is 6.61 Å². The Kier molecular flexibility index (Phi) is 3.57. The fourth-order valence-corrected chi connectivity index (χ4v) is 1.57. The predicted molar refractivity (Wildman–Crippen MR) is 60.4 cm³/mol. The highest BCUT2D eigenvalue weighted by atomic mass is 16.5. The molecule has 0 aromatic heterocycles. The lowest BCUT2D eigenvalue weighted by Crippen LogP contribution is -2.12. The standard InChI is InChI=1S/C13H16O3/c1-15-8-10-3-2-4-12(7-10)16-9-13(14)11-5-6-11/h2-4,7,11H,5-6,8-9H2,1H3. The molecule has 16 heavy (non-hydrogen) atoms. The van der Waals surface area contributed by atoms with E-state index in [1.807, 2.05) is 24.3 Å².